The minimum atomic E-state index is -1.69. The number of rotatable bonds is 10. The summed E-state index contributed by atoms with van der Waals surface area (Å²) in [5.41, 5.74) is 5.57. The van der Waals surface area contributed by atoms with Crippen molar-refractivity contribution in [1.82, 2.24) is 10.3 Å². The van der Waals surface area contributed by atoms with Crippen molar-refractivity contribution in [3.05, 3.63) is 70.6 Å². The van der Waals surface area contributed by atoms with Gasteiger partial charge in [0.2, 0.25) is 0 Å². The van der Waals surface area contributed by atoms with E-state index in [0.29, 0.717) is 34.1 Å². The number of hydrogen-bond donors (Lipinski definition) is 3. The number of nitrogens with two attached hydrogens (primary N) is 1. The molecule has 1 heterocycles. The topological polar surface area (TPSA) is 116 Å². The fourth-order valence-electron chi connectivity index (χ4n) is 3.59. The van der Waals surface area contributed by atoms with Crippen LogP contribution in [-0.4, -0.2) is 49.4 Å². The molecule has 1 saturated carbocycles. The van der Waals surface area contributed by atoms with Crippen LogP contribution < -0.4 is 25.3 Å². The van der Waals surface area contributed by atoms with E-state index in [1.54, 1.807) is 30.3 Å². The van der Waals surface area contributed by atoms with Crippen LogP contribution in [0, 0.1) is 5.82 Å². The van der Waals surface area contributed by atoms with Crippen LogP contribution in [0.1, 0.15) is 28.9 Å². The minimum absolute atomic E-state index is 0.0768. The summed E-state index contributed by atoms with van der Waals surface area (Å²) >= 11 is 5.94. The number of methoxy groups -OCH3 is 2. The number of carbonyl (C=O) groups excluding carboxylic acids is 1. The maximum absolute atomic E-state index is 13.7. The highest BCUT2D eigenvalue weighted by Crippen LogP contribution is 2.35. The number of hydrogen-bond acceptors (Lipinski definition) is 7. The first-order valence-electron chi connectivity index (χ1n) is 11.3. The molecule has 4 rings (SSSR count). The summed E-state index contributed by atoms with van der Waals surface area (Å²) in [6, 6.07) is 12.2. The SMILES string of the molecule is COc1cc(C(=O)NCC(O)(CN)c2ccc(OC)c(-c3ccc(F)c(Cl)c3)n2)ccc1OC1CC1. The van der Waals surface area contributed by atoms with Crippen LogP contribution in [0.15, 0.2) is 48.5 Å². The Morgan fingerprint density at radius 1 is 1.14 bits per heavy atom. The number of carbonyl (C=O) groups is 1. The van der Waals surface area contributed by atoms with Gasteiger partial charge in [0.25, 0.3) is 5.91 Å². The van der Waals surface area contributed by atoms with Gasteiger partial charge in [0, 0.05) is 17.7 Å². The zero-order chi connectivity index (χ0) is 25.9. The van der Waals surface area contributed by atoms with Gasteiger partial charge >= 0.3 is 0 Å². The van der Waals surface area contributed by atoms with Gasteiger partial charge in [0.1, 0.15) is 22.9 Å². The van der Waals surface area contributed by atoms with Crippen molar-refractivity contribution in [3.8, 4) is 28.5 Å². The average Bonchev–Trinajstić information content (AvgIpc) is 3.72. The summed E-state index contributed by atoms with van der Waals surface area (Å²) in [4.78, 5) is 17.4. The van der Waals surface area contributed by atoms with Crippen LogP contribution in [0.25, 0.3) is 11.3 Å². The first kappa shape index (κ1) is 25.7. The predicted octanol–water partition coefficient (Wildman–Crippen LogP) is 3.68. The Bertz CT molecular complexity index is 1270. The summed E-state index contributed by atoms with van der Waals surface area (Å²) in [7, 11) is 2.97. The van der Waals surface area contributed by atoms with Crippen LogP contribution >= 0.6 is 11.6 Å². The van der Waals surface area contributed by atoms with E-state index in [4.69, 9.17) is 31.5 Å². The number of nitrogens with zero attached hydrogens (tertiary/aromatic N) is 1. The highest BCUT2D eigenvalue weighted by Gasteiger charge is 2.32. The molecule has 0 saturated heterocycles. The van der Waals surface area contributed by atoms with Crippen molar-refractivity contribution in [2.24, 2.45) is 5.73 Å². The monoisotopic (exact) mass is 515 g/mol. The second-order valence-corrected chi connectivity index (χ2v) is 8.88. The van der Waals surface area contributed by atoms with Crippen molar-refractivity contribution in [1.29, 1.82) is 0 Å². The molecular weight excluding hydrogens is 489 g/mol. The third kappa shape index (κ3) is 5.53. The van der Waals surface area contributed by atoms with Crippen LogP contribution in [0.5, 0.6) is 17.2 Å². The lowest BCUT2D eigenvalue weighted by Crippen LogP contribution is -2.46. The quantitative estimate of drug-likeness (QED) is 0.377. The van der Waals surface area contributed by atoms with Crippen LogP contribution in [0.2, 0.25) is 5.02 Å². The molecule has 0 aliphatic heterocycles. The molecule has 2 aromatic carbocycles. The third-order valence-corrected chi connectivity index (χ3v) is 6.16. The number of aromatic nitrogens is 1. The highest BCUT2D eigenvalue weighted by atomic mass is 35.5. The fourth-order valence-corrected chi connectivity index (χ4v) is 3.77. The standard InChI is InChI=1S/C26H27ClFN3O5/c1-34-21-9-10-23(31-24(21)15-3-7-19(28)18(27)11-15)26(33,13-29)14-30-25(32)16-4-8-20(22(12-16)35-2)36-17-5-6-17/h3-4,7-12,17,33H,5-6,13-14,29H2,1-2H3,(H,30,32). The van der Waals surface area contributed by atoms with Crippen LogP contribution in [0.3, 0.4) is 0 Å². The number of pyridine rings is 1. The van der Waals surface area contributed by atoms with Gasteiger partial charge in [0.15, 0.2) is 11.5 Å². The fraction of sp³-hybridized carbons (Fsp3) is 0.308. The summed E-state index contributed by atoms with van der Waals surface area (Å²) in [6.07, 6.45) is 2.18. The number of benzene rings is 2. The molecule has 0 bridgehead atoms. The Labute approximate surface area is 213 Å². The maximum Gasteiger partial charge on any atom is 0.251 e. The Kier molecular flexibility index (Phi) is 7.63. The lowest BCUT2D eigenvalue weighted by Gasteiger charge is -2.27. The minimum Gasteiger partial charge on any atom is -0.494 e. The molecule has 190 valence electrons. The van der Waals surface area contributed by atoms with Crippen molar-refractivity contribution >= 4 is 17.5 Å². The van der Waals surface area contributed by atoms with E-state index >= 15 is 0 Å². The summed E-state index contributed by atoms with van der Waals surface area (Å²) in [5.74, 6) is 0.414. The summed E-state index contributed by atoms with van der Waals surface area (Å²) in [6.45, 7) is -0.443. The molecule has 0 spiro atoms. The Balaban J connectivity index is 1.55. The molecule has 10 heteroatoms. The Morgan fingerprint density at radius 2 is 1.86 bits per heavy atom. The van der Waals surface area contributed by atoms with Crippen molar-refractivity contribution in [3.63, 3.8) is 0 Å². The van der Waals surface area contributed by atoms with Gasteiger partial charge in [-0.05, 0) is 61.4 Å². The van der Waals surface area contributed by atoms with Crippen molar-refractivity contribution < 1.29 is 28.5 Å². The number of nitrogens with one attached hydrogen (secondary N) is 1. The van der Waals surface area contributed by atoms with E-state index in [1.165, 1.54) is 32.4 Å². The molecule has 1 atom stereocenters. The van der Waals surface area contributed by atoms with Crippen LogP contribution in [0.4, 0.5) is 4.39 Å². The van der Waals surface area contributed by atoms with E-state index in [1.807, 2.05) is 0 Å². The first-order valence-corrected chi connectivity index (χ1v) is 11.7. The summed E-state index contributed by atoms with van der Waals surface area (Å²) < 4.78 is 30.2. The lowest BCUT2D eigenvalue weighted by molar-refractivity contribution is 0.0395. The molecule has 1 unspecified atom stereocenters. The van der Waals surface area contributed by atoms with Crippen molar-refractivity contribution in [2.75, 3.05) is 27.3 Å². The van der Waals surface area contributed by atoms with E-state index in [-0.39, 0.29) is 29.9 Å². The molecule has 1 amide bonds. The Hall–Kier alpha value is -3.40. The number of amides is 1. The van der Waals surface area contributed by atoms with E-state index in [2.05, 4.69) is 10.3 Å². The smallest absolute Gasteiger partial charge is 0.251 e. The molecule has 3 aromatic rings. The van der Waals surface area contributed by atoms with Gasteiger partial charge in [0.05, 0.1) is 37.6 Å². The number of aliphatic hydroxyl groups is 1. The highest BCUT2D eigenvalue weighted by molar-refractivity contribution is 6.31. The second kappa shape index (κ2) is 10.7. The molecule has 1 aliphatic rings. The van der Waals surface area contributed by atoms with Gasteiger partial charge in [-0.2, -0.15) is 0 Å². The Morgan fingerprint density at radius 3 is 2.50 bits per heavy atom. The number of ether oxygens (including phenoxy) is 3. The summed E-state index contributed by atoms with van der Waals surface area (Å²) in [5, 5.41) is 13.9. The van der Waals surface area contributed by atoms with Gasteiger partial charge in [-0.1, -0.05) is 11.6 Å². The van der Waals surface area contributed by atoms with Gasteiger partial charge in [-0.25, -0.2) is 9.37 Å². The molecule has 0 radical (unpaired) electrons. The second-order valence-electron chi connectivity index (χ2n) is 8.48. The third-order valence-electron chi connectivity index (χ3n) is 5.87. The molecule has 1 aliphatic carbocycles. The van der Waals surface area contributed by atoms with E-state index in [0.717, 1.165) is 12.8 Å². The molecular formula is C26H27ClFN3O5. The average molecular weight is 516 g/mol. The van der Waals surface area contributed by atoms with E-state index < -0.39 is 17.3 Å². The predicted molar refractivity (Wildman–Crippen MR) is 133 cm³/mol. The first-order chi connectivity index (χ1) is 17.3. The zero-order valence-electron chi connectivity index (χ0n) is 19.9. The lowest BCUT2D eigenvalue weighted by atomic mass is 9.97. The molecule has 4 N–H and O–H groups in total. The van der Waals surface area contributed by atoms with Gasteiger partial charge in [-0.3, -0.25) is 4.79 Å². The zero-order valence-corrected chi connectivity index (χ0v) is 20.6. The normalized spacial score (nSPS) is 14.6. The van der Waals surface area contributed by atoms with Crippen molar-refractivity contribution in [2.45, 2.75) is 24.5 Å². The van der Waals surface area contributed by atoms with Gasteiger partial charge in [-0.15, -0.1) is 0 Å². The molecule has 36 heavy (non-hydrogen) atoms. The largest absolute Gasteiger partial charge is 0.494 e. The van der Waals surface area contributed by atoms with Crippen LogP contribution in [-0.2, 0) is 5.60 Å². The van der Waals surface area contributed by atoms with E-state index in [9.17, 15) is 14.3 Å². The molecule has 1 aromatic heterocycles. The molecule has 1 fully saturated rings. The maximum atomic E-state index is 13.7. The van der Waals surface area contributed by atoms with Gasteiger partial charge < -0.3 is 30.4 Å². The number of halogens is 2. The molecule has 8 nitrogen and oxygen atoms in total.